The van der Waals surface area contributed by atoms with Crippen molar-refractivity contribution in [2.75, 3.05) is 0 Å². The van der Waals surface area contributed by atoms with Crippen LogP contribution < -0.4 is 0 Å². The number of hydrogen-bond donors (Lipinski definition) is 4. The molecule has 0 aliphatic rings. The van der Waals surface area contributed by atoms with E-state index in [0.29, 0.717) is 12.2 Å². The summed E-state index contributed by atoms with van der Waals surface area (Å²) < 4.78 is 0. The molecule has 0 heterocycles. The fourth-order valence-corrected chi connectivity index (χ4v) is 2.14. The SMILES string of the molecule is O=C(O)CC(=O)CC(=O)/C=C\C(=O)/C(C(=O)O)=C(\C(=O)O)C(=O)/C=C/C(=O)CC(=O)CC(=O)O. The number of hydrogen-bond acceptors (Lipinski definition) is 10. The molecule has 0 atom stereocenters. The molecule has 0 aliphatic heterocycles. The fourth-order valence-electron chi connectivity index (χ4n) is 2.14. The van der Waals surface area contributed by atoms with Crippen molar-refractivity contribution in [3.8, 4) is 0 Å². The molecule has 0 unspecified atom stereocenters. The van der Waals surface area contributed by atoms with Crippen LogP contribution in [0.2, 0.25) is 0 Å². The Bertz CT molecular complexity index is 983. The molecule has 0 bridgehead atoms. The lowest BCUT2D eigenvalue weighted by Crippen LogP contribution is -2.22. The van der Waals surface area contributed by atoms with E-state index in [9.17, 15) is 58.2 Å². The van der Waals surface area contributed by atoms with Gasteiger partial charge in [-0.25, -0.2) is 9.59 Å². The van der Waals surface area contributed by atoms with Crippen molar-refractivity contribution >= 4 is 58.6 Å². The molecule has 14 nitrogen and oxygen atoms in total. The van der Waals surface area contributed by atoms with Gasteiger partial charge in [-0.05, 0) is 24.3 Å². The Hall–Kier alpha value is -4.88. The van der Waals surface area contributed by atoms with Gasteiger partial charge in [0.25, 0.3) is 0 Å². The molecule has 0 aromatic carbocycles. The summed E-state index contributed by atoms with van der Waals surface area (Å²) in [5.41, 5.74) is -3.20. The highest BCUT2D eigenvalue weighted by Gasteiger charge is 2.29. The standard InChI is InChI=1S/C20H16O14/c21-9(5-11(23)7-15(27)28)1-3-13(25)17(19(31)32)18(20(33)34)14(26)4-2-10(22)6-12(24)8-16(29)30/h1-4H,5-8H2,(H,27,28)(H,29,30)(H,31,32)(H,33,34)/b3-1-,4-2+,18-17+. The van der Waals surface area contributed by atoms with Crippen LogP contribution >= 0.6 is 0 Å². The number of carboxylic acid groups (broad SMARTS) is 4. The summed E-state index contributed by atoms with van der Waals surface area (Å²) in [4.78, 5) is 113. The quantitative estimate of drug-likeness (QED) is 0.114. The van der Waals surface area contributed by atoms with Gasteiger partial charge in [-0.2, -0.15) is 0 Å². The minimum absolute atomic E-state index is 0.259. The molecule has 0 aromatic heterocycles. The first-order valence-electron chi connectivity index (χ1n) is 8.84. The van der Waals surface area contributed by atoms with Gasteiger partial charge in [0.15, 0.2) is 34.7 Å². The largest absolute Gasteiger partial charge is 0.481 e. The summed E-state index contributed by atoms with van der Waals surface area (Å²) in [6.45, 7) is 0. The predicted molar refractivity (Wildman–Crippen MR) is 104 cm³/mol. The molecule has 34 heavy (non-hydrogen) atoms. The van der Waals surface area contributed by atoms with Crippen LogP contribution in [0, 0.1) is 0 Å². The van der Waals surface area contributed by atoms with E-state index < -0.39 is 95.4 Å². The van der Waals surface area contributed by atoms with Gasteiger partial charge in [0.05, 0.1) is 12.8 Å². The average Bonchev–Trinajstić information content (AvgIpc) is 2.66. The van der Waals surface area contributed by atoms with Gasteiger partial charge < -0.3 is 20.4 Å². The maximum absolute atomic E-state index is 12.1. The second-order valence-corrected chi connectivity index (χ2v) is 6.26. The molecule has 180 valence electrons. The fraction of sp³-hybridized carbons (Fsp3) is 0.200. The Morgan fingerprint density at radius 3 is 0.971 bits per heavy atom. The number of carboxylic acids is 4. The summed E-state index contributed by atoms with van der Waals surface area (Å²) in [6.07, 6.45) is -2.57. The molecular formula is C20H16O14. The van der Waals surface area contributed by atoms with E-state index in [1.165, 1.54) is 0 Å². The monoisotopic (exact) mass is 480 g/mol. The number of carbonyl (C=O) groups is 10. The van der Waals surface area contributed by atoms with Gasteiger partial charge in [-0.15, -0.1) is 0 Å². The van der Waals surface area contributed by atoms with Crippen LogP contribution in [-0.4, -0.2) is 79.0 Å². The number of rotatable bonds is 16. The first-order chi connectivity index (χ1) is 15.6. The minimum atomic E-state index is -2.19. The van der Waals surface area contributed by atoms with Crippen molar-refractivity contribution < 1.29 is 68.4 Å². The van der Waals surface area contributed by atoms with Crippen molar-refractivity contribution in [3.05, 3.63) is 35.5 Å². The van der Waals surface area contributed by atoms with Gasteiger partial charge in [0.1, 0.15) is 24.0 Å². The van der Waals surface area contributed by atoms with Crippen LogP contribution in [-0.2, 0) is 47.9 Å². The normalized spacial score (nSPS) is 11.5. The van der Waals surface area contributed by atoms with Gasteiger partial charge >= 0.3 is 23.9 Å². The highest BCUT2D eigenvalue weighted by atomic mass is 16.4. The van der Waals surface area contributed by atoms with Gasteiger partial charge in [-0.3, -0.25) is 38.4 Å². The molecule has 0 aliphatic carbocycles. The second kappa shape index (κ2) is 13.5. The number of allylic oxidation sites excluding steroid dienone is 4. The lowest BCUT2D eigenvalue weighted by atomic mass is 9.98. The van der Waals surface area contributed by atoms with Gasteiger partial charge in [0.2, 0.25) is 0 Å². The van der Waals surface area contributed by atoms with E-state index >= 15 is 0 Å². The molecule has 14 heteroatoms. The van der Waals surface area contributed by atoms with Crippen LogP contribution in [0.3, 0.4) is 0 Å². The van der Waals surface area contributed by atoms with Crippen LogP contribution in [0.1, 0.15) is 25.7 Å². The molecule has 0 rings (SSSR count). The van der Waals surface area contributed by atoms with E-state index in [1.54, 1.807) is 0 Å². The van der Waals surface area contributed by atoms with Crippen molar-refractivity contribution in [1.82, 2.24) is 0 Å². The number of carbonyl (C=O) groups excluding carboxylic acids is 6. The zero-order valence-electron chi connectivity index (χ0n) is 17.0. The third-order valence-corrected chi connectivity index (χ3v) is 3.45. The Labute approximate surface area is 188 Å². The van der Waals surface area contributed by atoms with Crippen molar-refractivity contribution in [1.29, 1.82) is 0 Å². The highest BCUT2D eigenvalue weighted by Crippen LogP contribution is 2.11. The topological polar surface area (TPSA) is 252 Å². The number of ketones is 6. The van der Waals surface area contributed by atoms with E-state index in [1.807, 2.05) is 0 Å². The number of aliphatic carboxylic acids is 4. The summed E-state index contributed by atoms with van der Waals surface area (Å²) in [5.74, 6) is -15.0. The third-order valence-electron chi connectivity index (χ3n) is 3.45. The van der Waals surface area contributed by atoms with E-state index in [-0.39, 0.29) is 12.2 Å². The lowest BCUT2D eigenvalue weighted by molar-refractivity contribution is -0.142. The Morgan fingerprint density at radius 1 is 0.441 bits per heavy atom. The zero-order valence-corrected chi connectivity index (χ0v) is 17.0. The average molecular weight is 480 g/mol. The van der Waals surface area contributed by atoms with Crippen LogP contribution in [0.15, 0.2) is 35.5 Å². The summed E-state index contributed by atoms with van der Waals surface area (Å²) in [7, 11) is 0. The van der Waals surface area contributed by atoms with E-state index in [2.05, 4.69) is 0 Å². The molecule has 0 aromatic rings. The maximum atomic E-state index is 12.1. The van der Waals surface area contributed by atoms with Crippen molar-refractivity contribution in [2.24, 2.45) is 0 Å². The Morgan fingerprint density at radius 2 is 0.735 bits per heavy atom. The first-order valence-corrected chi connectivity index (χ1v) is 8.84. The van der Waals surface area contributed by atoms with E-state index in [0.717, 1.165) is 0 Å². The zero-order chi connectivity index (χ0) is 26.6. The molecule has 0 amide bonds. The first kappa shape index (κ1) is 29.1. The molecule has 0 saturated heterocycles. The molecule has 0 spiro atoms. The minimum Gasteiger partial charge on any atom is -0.481 e. The summed E-state index contributed by atoms with van der Waals surface area (Å²) in [6, 6.07) is 0. The van der Waals surface area contributed by atoms with E-state index in [4.69, 9.17) is 10.2 Å². The molecule has 0 saturated carbocycles. The molecule has 0 radical (unpaired) electrons. The maximum Gasteiger partial charge on any atom is 0.340 e. The molecular weight excluding hydrogens is 464 g/mol. The Kier molecular flexibility index (Phi) is 11.6. The van der Waals surface area contributed by atoms with Crippen molar-refractivity contribution in [2.45, 2.75) is 25.7 Å². The molecule has 4 N–H and O–H groups in total. The second-order valence-electron chi connectivity index (χ2n) is 6.26. The van der Waals surface area contributed by atoms with Gasteiger partial charge in [0, 0.05) is 0 Å². The summed E-state index contributed by atoms with van der Waals surface area (Å²) in [5, 5.41) is 35.2. The van der Waals surface area contributed by atoms with Crippen LogP contribution in [0.4, 0.5) is 0 Å². The highest BCUT2D eigenvalue weighted by molar-refractivity contribution is 6.34. The smallest absolute Gasteiger partial charge is 0.340 e. The van der Waals surface area contributed by atoms with Crippen molar-refractivity contribution in [3.63, 3.8) is 0 Å². The molecule has 0 fully saturated rings. The predicted octanol–water partition coefficient (Wildman–Crippen LogP) is -1.29. The number of Topliss-reactive ketones (excluding diaryl/α,β-unsaturated/α-hetero) is 2. The van der Waals surface area contributed by atoms with Gasteiger partial charge in [-0.1, -0.05) is 0 Å². The van der Waals surface area contributed by atoms with Crippen LogP contribution in [0.5, 0.6) is 0 Å². The Balaban J connectivity index is 5.77. The lowest BCUT2D eigenvalue weighted by Gasteiger charge is -2.03. The third kappa shape index (κ3) is 10.9. The van der Waals surface area contributed by atoms with Crippen LogP contribution in [0.25, 0.3) is 0 Å². The summed E-state index contributed by atoms with van der Waals surface area (Å²) >= 11 is 0.